The predicted molar refractivity (Wildman–Crippen MR) is 57.0 cm³/mol. The summed E-state index contributed by atoms with van der Waals surface area (Å²) in [5.41, 5.74) is 6.29. The van der Waals surface area contributed by atoms with Crippen molar-refractivity contribution < 1.29 is 9.84 Å². The number of nitrogens with two attached hydrogens (primary N) is 1. The molecule has 0 unspecified atom stereocenters. The second-order valence-corrected chi connectivity index (χ2v) is 3.41. The fourth-order valence-electron chi connectivity index (χ4n) is 1.23. The zero-order valence-corrected chi connectivity index (χ0v) is 8.84. The molecule has 0 fully saturated rings. The molecule has 1 aromatic rings. The maximum Gasteiger partial charge on any atom is 0.161 e. The SMILES string of the molecule is COc1cc(Cl)c(CCCN)cc1O. The molecule has 14 heavy (non-hydrogen) atoms. The Morgan fingerprint density at radius 1 is 1.50 bits per heavy atom. The first-order valence-electron chi connectivity index (χ1n) is 4.44. The molecule has 0 saturated carbocycles. The van der Waals surface area contributed by atoms with Crippen molar-refractivity contribution in [1.82, 2.24) is 0 Å². The van der Waals surface area contributed by atoms with Gasteiger partial charge < -0.3 is 15.6 Å². The Morgan fingerprint density at radius 3 is 2.79 bits per heavy atom. The molecule has 0 aliphatic rings. The van der Waals surface area contributed by atoms with Crippen molar-refractivity contribution in [1.29, 1.82) is 0 Å². The number of hydrogen-bond acceptors (Lipinski definition) is 3. The molecule has 0 atom stereocenters. The van der Waals surface area contributed by atoms with Crippen molar-refractivity contribution in [3.63, 3.8) is 0 Å². The highest BCUT2D eigenvalue weighted by molar-refractivity contribution is 6.31. The van der Waals surface area contributed by atoms with E-state index in [4.69, 9.17) is 22.1 Å². The summed E-state index contributed by atoms with van der Waals surface area (Å²) in [5.74, 6) is 0.510. The summed E-state index contributed by atoms with van der Waals surface area (Å²) in [5, 5.41) is 10.1. The monoisotopic (exact) mass is 215 g/mol. The normalized spacial score (nSPS) is 10.2. The Labute approximate surface area is 88.4 Å². The maximum absolute atomic E-state index is 9.50. The smallest absolute Gasteiger partial charge is 0.161 e. The van der Waals surface area contributed by atoms with E-state index in [1.54, 1.807) is 12.1 Å². The molecular weight excluding hydrogens is 202 g/mol. The molecule has 3 N–H and O–H groups in total. The molecule has 0 saturated heterocycles. The summed E-state index contributed by atoms with van der Waals surface area (Å²) >= 11 is 5.98. The van der Waals surface area contributed by atoms with E-state index < -0.39 is 0 Å². The maximum atomic E-state index is 9.50. The molecule has 0 spiro atoms. The molecule has 0 radical (unpaired) electrons. The van der Waals surface area contributed by atoms with E-state index in [2.05, 4.69) is 0 Å². The van der Waals surface area contributed by atoms with Gasteiger partial charge in [0.15, 0.2) is 11.5 Å². The van der Waals surface area contributed by atoms with Crippen LogP contribution in [0.5, 0.6) is 11.5 Å². The van der Waals surface area contributed by atoms with Gasteiger partial charge in [0.2, 0.25) is 0 Å². The van der Waals surface area contributed by atoms with Crippen LogP contribution in [0.4, 0.5) is 0 Å². The number of hydrogen-bond donors (Lipinski definition) is 2. The molecule has 0 bridgehead atoms. The van der Waals surface area contributed by atoms with Crippen LogP contribution in [0, 0.1) is 0 Å². The zero-order valence-electron chi connectivity index (χ0n) is 8.09. The Morgan fingerprint density at radius 2 is 2.21 bits per heavy atom. The average molecular weight is 216 g/mol. The van der Waals surface area contributed by atoms with Gasteiger partial charge in [0.05, 0.1) is 7.11 Å². The van der Waals surface area contributed by atoms with Gasteiger partial charge in [-0.25, -0.2) is 0 Å². The lowest BCUT2D eigenvalue weighted by Gasteiger charge is -2.08. The molecule has 0 aromatic heterocycles. The lowest BCUT2D eigenvalue weighted by Crippen LogP contribution is -2.00. The third-order valence-electron chi connectivity index (χ3n) is 2.00. The Hall–Kier alpha value is -0.930. The first-order chi connectivity index (χ1) is 6.69. The van der Waals surface area contributed by atoms with E-state index in [0.29, 0.717) is 17.3 Å². The van der Waals surface area contributed by atoms with Gasteiger partial charge in [0, 0.05) is 11.1 Å². The highest BCUT2D eigenvalue weighted by Gasteiger charge is 2.07. The highest BCUT2D eigenvalue weighted by atomic mass is 35.5. The number of phenolic OH excluding ortho intramolecular Hbond substituents is 1. The largest absolute Gasteiger partial charge is 0.504 e. The number of methoxy groups -OCH3 is 1. The molecule has 4 heteroatoms. The summed E-state index contributed by atoms with van der Waals surface area (Å²) in [7, 11) is 1.49. The van der Waals surface area contributed by atoms with Gasteiger partial charge in [-0.05, 0) is 31.0 Å². The first kappa shape index (κ1) is 11.1. The van der Waals surface area contributed by atoms with E-state index in [0.717, 1.165) is 18.4 Å². The Kier molecular flexibility index (Phi) is 4.04. The van der Waals surface area contributed by atoms with Crippen molar-refractivity contribution >= 4 is 11.6 Å². The lowest BCUT2D eigenvalue weighted by molar-refractivity contribution is 0.373. The third kappa shape index (κ3) is 2.53. The van der Waals surface area contributed by atoms with E-state index in [1.165, 1.54) is 7.11 Å². The van der Waals surface area contributed by atoms with Crippen LogP contribution in [-0.2, 0) is 6.42 Å². The summed E-state index contributed by atoms with van der Waals surface area (Å²) < 4.78 is 4.93. The number of ether oxygens (including phenoxy) is 1. The quantitative estimate of drug-likeness (QED) is 0.807. The van der Waals surface area contributed by atoms with Gasteiger partial charge in [-0.15, -0.1) is 0 Å². The summed E-state index contributed by atoms with van der Waals surface area (Å²) in [4.78, 5) is 0. The fraction of sp³-hybridized carbons (Fsp3) is 0.400. The minimum Gasteiger partial charge on any atom is -0.504 e. The van der Waals surface area contributed by atoms with Crippen molar-refractivity contribution in [2.24, 2.45) is 5.73 Å². The zero-order chi connectivity index (χ0) is 10.6. The van der Waals surface area contributed by atoms with Gasteiger partial charge in [-0.2, -0.15) is 0 Å². The number of rotatable bonds is 4. The minimum absolute atomic E-state index is 0.115. The van der Waals surface area contributed by atoms with Gasteiger partial charge in [-0.1, -0.05) is 11.6 Å². The Balaban J connectivity index is 2.90. The van der Waals surface area contributed by atoms with Crippen LogP contribution in [-0.4, -0.2) is 18.8 Å². The van der Waals surface area contributed by atoms with Crippen molar-refractivity contribution in [3.05, 3.63) is 22.7 Å². The van der Waals surface area contributed by atoms with E-state index in [-0.39, 0.29) is 5.75 Å². The van der Waals surface area contributed by atoms with Gasteiger partial charge in [-0.3, -0.25) is 0 Å². The van der Waals surface area contributed by atoms with Crippen LogP contribution in [0.1, 0.15) is 12.0 Å². The number of halogens is 1. The van der Waals surface area contributed by atoms with E-state index in [1.807, 2.05) is 0 Å². The Bertz CT molecular complexity index is 315. The number of aromatic hydroxyl groups is 1. The number of phenols is 1. The van der Waals surface area contributed by atoms with E-state index in [9.17, 15) is 5.11 Å². The molecule has 0 aliphatic carbocycles. The van der Waals surface area contributed by atoms with Gasteiger partial charge in [0.25, 0.3) is 0 Å². The molecule has 0 amide bonds. The van der Waals surface area contributed by atoms with Crippen LogP contribution < -0.4 is 10.5 Å². The van der Waals surface area contributed by atoms with Crippen molar-refractivity contribution in [2.45, 2.75) is 12.8 Å². The molecular formula is C10H14ClNO2. The summed E-state index contributed by atoms with van der Waals surface area (Å²) in [6.45, 7) is 0.614. The molecule has 0 aliphatic heterocycles. The highest BCUT2D eigenvalue weighted by Crippen LogP contribution is 2.32. The minimum atomic E-state index is 0.115. The van der Waals surface area contributed by atoms with Crippen LogP contribution in [0.2, 0.25) is 5.02 Å². The average Bonchev–Trinajstić information content (AvgIpc) is 2.18. The van der Waals surface area contributed by atoms with Crippen molar-refractivity contribution in [3.8, 4) is 11.5 Å². The van der Waals surface area contributed by atoms with Gasteiger partial charge in [0.1, 0.15) is 0 Å². The topological polar surface area (TPSA) is 55.5 Å². The number of benzene rings is 1. The van der Waals surface area contributed by atoms with Crippen LogP contribution in [0.15, 0.2) is 12.1 Å². The van der Waals surface area contributed by atoms with Crippen LogP contribution in [0.25, 0.3) is 0 Å². The van der Waals surface area contributed by atoms with Crippen molar-refractivity contribution in [2.75, 3.05) is 13.7 Å². The second-order valence-electron chi connectivity index (χ2n) is 3.01. The molecule has 78 valence electrons. The first-order valence-corrected chi connectivity index (χ1v) is 4.82. The fourth-order valence-corrected chi connectivity index (χ4v) is 1.48. The lowest BCUT2D eigenvalue weighted by atomic mass is 10.1. The van der Waals surface area contributed by atoms with E-state index >= 15 is 0 Å². The third-order valence-corrected chi connectivity index (χ3v) is 2.35. The molecule has 0 heterocycles. The molecule has 1 aromatic carbocycles. The van der Waals surface area contributed by atoms with Crippen LogP contribution >= 0.6 is 11.6 Å². The summed E-state index contributed by atoms with van der Waals surface area (Å²) in [6, 6.07) is 3.24. The summed E-state index contributed by atoms with van der Waals surface area (Å²) in [6.07, 6.45) is 1.62. The van der Waals surface area contributed by atoms with Gasteiger partial charge >= 0.3 is 0 Å². The second kappa shape index (κ2) is 5.08. The standard InChI is InChI=1S/C10H14ClNO2/c1-14-10-6-8(11)7(3-2-4-12)5-9(10)13/h5-6,13H,2-4,12H2,1H3. The number of aryl methyl sites for hydroxylation is 1. The predicted octanol–water partition coefficient (Wildman–Crippen LogP) is 1.95. The molecule has 3 nitrogen and oxygen atoms in total. The van der Waals surface area contributed by atoms with Crippen LogP contribution in [0.3, 0.4) is 0 Å². The molecule has 1 rings (SSSR count).